The highest BCUT2D eigenvalue weighted by Gasteiger charge is 2.97. The topological polar surface area (TPSA) is 40.6 Å². The maximum absolute atomic E-state index is 14.3. The smallest absolute Gasteiger partial charge is 0.334 e. The third kappa shape index (κ3) is 6.72. The van der Waals surface area contributed by atoms with Crippen LogP contribution in [0.1, 0.15) is 0 Å². The van der Waals surface area contributed by atoms with Crippen molar-refractivity contribution in [1.29, 1.82) is 0 Å². The van der Waals surface area contributed by atoms with Crippen molar-refractivity contribution in [1.82, 2.24) is 9.80 Å². The van der Waals surface area contributed by atoms with Crippen LogP contribution in [0, 0.1) is 0 Å². The van der Waals surface area contributed by atoms with Crippen LogP contribution in [0.5, 0.6) is 0 Å². The van der Waals surface area contributed by atoms with E-state index in [4.69, 9.17) is 0 Å². The fourth-order valence-corrected chi connectivity index (χ4v) is 4.11. The summed E-state index contributed by atoms with van der Waals surface area (Å²) in [4.78, 5) is 20.9. The first-order valence-electron chi connectivity index (χ1n) is 13.5. The predicted molar refractivity (Wildman–Crippen MR) is 115 cm³/mol. The van der Waals surface area contributed by atoms with E-state index in [1.807, 2.05) is 0 Å². The van der Waals surface area contributed by atoms with E-state index in [0.717, 1.165) is 0 Å². The molecule has 1 rings (SSSR count). The van der Waals surface area contributed by atoms with E-state index in [0.29, 0.717) is 0 Å². The molecule has 0 aromatic rings. The number of amides is 2. The lowest BCUT2D eigenvalue weighted by Crippen LogP contribution is -2.76. The number of piperazine rings is 1. The minimum Gasteiger partial charge on any atom is -0.334 e. The molecule has 0 atom stereocenters. The first-order chi connectivity index (χ1) is 25.5. The quantitative estimate of drug-likeness (QED) is 0.163. The van der Waals surface area contributed by atoms with Crippen molar-refractivity contribution in [2.75, 3.05) is 26.2 Å². The van der Waals surface area contributed by atoms with E-state index >= 15 is 0 Å². The van der Waals surface area contributed by atoms with Gasteiger partial charge in [0.25, 0.3) is 11.8 Å². The first-order valence-corrected chi connectivity index (χ1v) is 13.5. The van der Waals surface area contributed by atoms with Crippen molar-refractivity contribution in [2.24, 2.45) is 0 Å². The van der Waals surface area contributed by atoms with Crippen molar-refractivity contribution in [3.63, 3.8) is 0 Å². The molecule has 0 unspecified atom stereocenters. The molecule has 0 aromatic heterocycles. The van der Waals surface area contributed by atoms with E-state index in [-0.39, 0.29) is 0 Å². The molecular formula is C22H8F34N2O2. The van der Waals surface area contributed by atoms with Gasteiger partial charge in [0.05, 0.1) is 0 Å². The molecule has 0 aliphatic carbocycles. The van der Waals surface area contributed by atoms with Gasteiger partial charge < -0.3 is 9.80 Å². The Labute approximate surface area is 303 Å². The summed E-state index contributed by atoms with van der Waals surface area (Å²) in [6.07, 6.45) is -16.3. The lowest BCUT2D eigenvalue weighted by molar-refractivity contribution is -0.459. The number of hydrogen-bond donors (Lipinski definition) is 0. The summed E-state index contributed by atoms with van der Waals surface area (Å²) >= 11 is 0. The van der Waals surface area contributed by atoms with Crippen LogP contribution >= 0.6 is 0 Å². The Morgan fingerprint density at radius 1 is 0.233 bits per heavy atom. The molecule has 0 saturated carbocycles. The van der Waals surface area contributed by atoms with Crippen LogP contribution in [-0.4, -0.2) is 143 Å². The molecule has 0 N–H and O–H groups in total. The zero-order valence-corrected chi connectivity index (χ0v) is 26.4. The van der Waals surface area contributed by atoms with E-state index in [9.17, 15) is 159 Å². The van der Waals surface area contributed by atoms with Gasteiger partial charge in [-0.15, -0.1) is 0 Å². The molecule has 60 heavy (non-hydrogen) atoms. The summed E-state index contributed by atoms with van der Waals surface area (Å²) < 4.78 is 457. The molecule has 1 fully saturated rings. The highest BCUT2D eigenvalue weighted by atomic mass is 19.4. The molecule has 0 spiro atoms. The average Bonchev–Trinajstić information content (AvgIpc) is 3.05. The van der Waals surface area contributed by atoms with Crippen molar-refractivity contribution >= 4 is 11.8 Å². The SMILES string of the molecule is O=C(N1CCN(C(=O)C(F)(F)C(F)(F)C(F)(F)C(F)(F)C(F)(F)C(F)(F)C(F)(F)C(F)(F)F)CC1)C(F)(F)C(F)(F)C(F)(F)C(F)(F)C(F)(F)C(F)(F)C(F)(F)C(F)(F)F. The largest absolute Gasteiger partial charge is 0.460 e. The number of alkyl halides is 34. The van der Waals surface area contributed by atoms with Gasteiger partial charge in [-0.25, -0.2) is 0 Å². The number of rotatable bonds is 14. The van der Waals surface area contributed by atoms with Gasteiger partial charge >= 0.3 is 95.3 Å². The number of nitrogens with zero attached hydrogens (tertiary/aromatic N) is 2. The third-order valence-electron chi connectivity index (χ3n) is 7.84. The molecule has 356 valence electrons. The molecule has 1 aliphatic heterocycles. The normalized spacial score (nSPS) is 18.0. The minimum absolute atomic E-state index is 1.39. The molecule has 38 heteroatoms. The van der Waals surface area contributed by atoms with E-state index in [1.165, 1.54) is 0 Å². The zero-order valence-electron chi connectivity index (χ0n) is 26.4. The number of carbonyl (C=O) groups excluding carboxylic acids is 2. The molecular weight excluding hydrogens is 970 g/mol. The van der Waals surface area contributed by atoms with Gasteiger partial charge in [0.15, 0.2) is 0 Å². The molecule has 0 radical (unpaired) electrons. The first kappa shape index (κ1) is 54.6. The second kappa shape index (κ2) is 14.0. The second-order valence-corrected chi connectivity index (χ2v) is 11.6. The van der Waals surface area contributed by atoms with Crippen LogP contribution in [0.25, 0.3) is 0 Å². The molecule has 2 amide bonds. The summed E-state index contributed by atoms with van der Waals surface area (Å²) in [6, 6.07) is 0. The summed E-state index contributed by atoms with van der Waals surface area (Å²) in [5, 5.41) is 0. The Bertz CT molecular complexity index is 1490. The standard InChI is InChI=1S/C22H8F34N2O2/c23-7(24,9(27,28)11(31,32)13(35,36)15(39,40)17(43,44)19(47,48)21(51,52)53)5(59)57-1-2-58(4-3-57)6(60)8(25,26)10(29,30)12(33,34)14(37,38)16(41,42)18(45,46)20(49,50)22(54,55)56/h1-4H2. The van der Waals surface area contributed by atoms with E-state index in [2.05, 4.69) is 0 Å². The van der Waals surface area contributed by atoms with Crippen LogP contribution < -0.4 is 0 Å². The van der Waals surface area contributed by atoms with Gasteiger partial charge in [-0.2, -0.15) is 149 Å². The summed E-state index contributed by atoms with van der Waals surface area (Å²) in [6.45, 7) is -10.0. The lowest BCUT2D eigenvalue weighted by atomic mass is 9.88. The maximum Gasteiger partial charge on any atom is 0.460 e. The van der Waals surface area contributed by atoms with Crippen LogP contribution in [0.3, 0.4) is 0 Å². The number of halogens is 34. The predicted octanol–water partition coefficient (Wildman–Crippen LogP) is 9.68. The monoisotopic (exact) mass is 978 g/mol. The third-order valence-corrected chi connectivity index (χ3v) is 7.84. The molecule has 1 heterocycles. The van der Waals surface area contributed by atoms with Gasteiger partial charge in [-0.3, -0.25) is 9.59 Å². The fourth-order valence-electron chi connectivity index (χ4n) is 4.11. The van der Waals surface area contributed by atoms with Gasteiger partial charge in [0, 0.05) is 26.2 Å². The molecule has 1 saturated heterocycles. The molecule has 0 aromatic carbocycles. The molecule has 0 bridgehead atoms. The molecule has 1 aliphatic rings. The Hall–Kier alpha value is -3.44. The van der Waals surface area contributed by atoms with Crippen LogP contribution in [-0.2, 0) is 9.59 Å². The summed E-state index contributed by atoms with van der Waals surface area (Å²) in [7, 11) is 0. The average molecular weight is 978 g/mol. The van der Waals surface area contributed by atoms with E-state index in [1.54, 1.807) is 0 Å². The van der Waals surface area contributed by atoms with Gasteiger partial charge in [-0.05, 0) is 0 Å². The lowest BCUT2D eigenvalue weighted by Gasteiger charge is -2.44. The zero-order chi connectivity index (χ0) is 49.1. The fraction of sp³-hybridized carbons (Fsp3) is 0.909. The van der Waals surface area contributed by atoms with Crippen LogP contribution in [0.2, 0.25) is 0 Å². The maximum atomic E-state index is 14.3. The Kier molecular flexibility index (Phi) is 12.8. The summed E-state index contributed by atoms with van der Waals surface area (Å²) in [5.41, 5.74) is 0. The van der Waals surface area contributed by atoms with Crippen LogP contribution in [0.15, 0.2) is 0 Å². The van der Waals surface area contributed by atoms with Gasteiger partial charge in [0.2, 0.25) is 0 Å². The van der Waals surface area contributed by atoms with Crippen molar-refractivity contribution in [2.45, 2.75) is 95.3 Å². The second-order valence-electron chi connectivity index (χ2n) is 11.6. The van der Waals surface area contributed by atoms with Crippen LogP contribution in [0.4, 0.5) is 149 Å². The number of carbonyl (C=O) groups is 2. The Morgan fingerprint density at radius 3 is 0.517 bits per heavy atom. The van der Waals surface area contributed by atoms with Crippen molar-refractivity contribution in [3.05, 3.63) is 0 Å². The number of hydrogen-bond acceptors (Lipinski definition) is 2. The Morgan fingerprint density at radius 2 is 0.367 bits per heavy atom. The highest BCUT2D eigenvalue weighted by molar-refractivity contribution is 5.87. The van der Waals surface area contributed by atoms with Crippen molar-refractivity contribution in [3.8, 4) is 0 Å². The highest BCUT2D eigenvalue weighted by Crippen LogP contribution is 2.66. The minimum atomic E-state index is -9.23. The van der Waals surface area contributed by atoms with E-state index < -0.39 is 143 Å². The Balaban J connectivity index is 3.54. The van der Waals surface area contributed by atoms with Gasteiger partial charge in [0.1, 0.15) is 0 Å². The van der Waals surface area contributed by atoms with Gasteiger partial charge in [-0.1, -0.05) is 0 Å². The summed E-state index contributed by atoms with van der Waals surface area (Å²) in [5.74, 6) is -132. The molecule has 4 nitrogen and oxygen atoms in total. The van der Waals surface area contributed by atoms with Crippen molar-refractivity contribution < 1.29 is 159 Å².